The van der Waals surface area contributed by atoms with Gasteiger partial charge in [0, 0.05) is 5.56 Å². The molecule has 2 aromatic carbocycles. The van der Waals surface area contributed by atoms with Crippen molar-refractivity contribution in [1.29, 1.82) is 0 Å². The predicted octanol–water partition coefficient (Wildman–Crippen LogP) is 2.14. The molecule has 7 nitrogen and oxygen atoms in total. The zero-order valence-electron chi connectivity index (χ0n) is 15.0. The number of hydrogen-bond donors (Lipinski definition) is 2. The third kappa shape index (κ3) is 6.66. The molecule has 2 N–H and O–H groups in total. The van der Waals surface area contributed by atoms with E-state index in [4.69, 9.17) is 9.47 Å². The summed E-state index contributed by atoms with van der Waals surface area (Å²) in [7, 11) is 1.55. The lowest BCUT2D eigenvalue weighted by Crippen LogP contribution is -2.34. The first kappa shape index (κ1) is 19.7. The third-order valence-electron chi connectivity index (χ3n) is 3.41. The fraction of sp³-hybridized carbons (Fsp3) is 0.150. The Morgan fingerprint density at radius 1 is 1.07 bits per heavy atom. The fourth-order valence-corrected chi connectivity index (χ4v) is 2.03. The Balaban J connectivity index is 1.75. The first-order valence-corrected chi connectivity index (χ1v) is 8.20. The number of nitrogens with one attached hydrogen (secondary N) is 2. The van der Waals surface area contributed by atoms with Crippen molar-refractivity contribution in [2.75, 3.05) is 20.3 Å². The average molecular weight is 367 g/mol. The normalized spacial score (nSPS) is 10.3. The number of hydrogen-bond acceptors (Lipinski definition) is 5. The Hall–Kier alpha value is -3.61. The second kappa shape index (κ2) is 10.4. The number of ether oxygens (including phenoxy) is 2. The average Bonchev–Trinajstić information content (AvgIpc) is 2.71. The molecule has 2 amide bonds. The topological polar surface area (TPSA) is 89.0 Å². The van der Waals surface area contributed by atoms with Crippen molar-refractivity contribution in [2.45, 2.75) is 0 Å². The molecule has 2 rings (SSSR count). The maximum atomic E-state index is 12.0. The van der Waals surface area contributed by atoms with Crippen LogP contribution in [0.1, 0.15) is 15.9 Å². The van der Waals surface area contributed by atoms with E-state index in [9.17, 15) is 9.59 Å². The maximum Gasteiger partial charge on any atom is 0.259 e. The van der Waals surface area contributed by atoms with Crippen molar-refractivity contribution in [3.05, 3.63) is 72.3 Å². The van der Waals surface area contributed by atoms with Gasteiger partial charge in [-0.05, 0) is 54.1 Å². The SMILES string of the molecule is C=CCOc1ccc(/C=N\NC(=O)CNC(=O)c2ccc(OC)cc2)cc1. The van der Waals surface area contributed by atoms with Crippen LogP contribution in [0, 0.1) is 0 Å². The molecule has 0 aliphatic rings. The van der Waals surface area contributed by atoms with Crippen LogP contribution in [0.25, 0.3) is 0 Å². The summed E-state index contributed by atoms with van der Waals surface area (Å²) in [6.07, 6.45) is 3.17. The van der Waals surface area contributed by atoms with E-state index in [1.807, 2.05) is 0 Å². The van der Waals surface area contributed by atoms with Gasteiger partial charge >= 0.3 is 0 Å². The standard InChI is InChI=1S/C20H21N3O4/c1-3-12-27-18-8-4-15(5-9-18)13-22-23-19(24)14-21-20(25)16-6-10-17(26-2)11-7-16/h3-11,13H,1,12,14H2,2H3,(H,21,25)(H,23,24)/b22-13-. The summed E-state index contributed by atoms with van der Waals surface area (Å²) >= 11 is 0. The first-order chi connectivity index (χ1) is 13.1. The van der Waals surface area contributed by atoms with Crippen molar-refractivity contribution in [2.24, 2.45) is 5.10 Å². The van der Waals surface area contributed by atoms with Gasteiger partial charge in [-0.15, -0.1) is 0 Å². The monoisotopic (exact) mass is 367 g/mol. The number of carbonyl (C=O) groups excluding carboxylic acids is 2. The molecule has 0 heterocycles. The first-order valence-electron chi connectivity index (χ1n) is 8.20. The molecule has 0 fully saturated rings. The van der Waals surface area contributed by atoms with Crippen LogP contribution in [0.3, 0.4) is 0 Å². The zero-order chi connectivity index (χ0) is 19.5. The summed E-state index contributed by atoms with van der Waals surface area (Å²) in [5, 5.41) is 6.38. The Bertz CT molecular complexity index is 799. The molecule has 0 aliphatic heterocycles. The van der Waals surface area contributed by atoms with Crippen LogP contribution >= 0.6 is 0 Å². The maximum absolute atomic E-state index is 12.0. The zero-order valence-corrected chi connectivity index (χ0v) is 15.0. The highest BCUT2D eigenvalue weighted by Crippen LogP contribution is 2.11. The van der Waals surface area contributed by atoms with Crippen molar-refractivity contribution in [1.82, 2.24) is 10.7 Å². The molecule has 0 unspecified atom stereocenters. The highest BCUT2D eigenvalue weighted by Gasteiger charge is 2.07. The molecule has 0 aromatic heterocycles. The molecule has 140 valence electrons. The molecule has 0 saturated heterocycles. The summed E-state index contributed by atoms with van der Waals surface area (Å²) in [6, 6.07) is 13.8. The van der Waals surface area contributed by atoms with Crippen LogP contribution in [0.4, 0.5) is 0 Å². The van der Waals surface area contributed by atoms with E-state index >= 15 is 0 Å². The van der Waals surface area contributed by atoms with E-state index in [0.29, 0.717) is 17.9 Å². The fourth-order valence-electron chi connectivity index (χ4n) is 2.03. The van der Waals surface area contributed by atoms with Crippen molar-refractivity contribution >= 4 is 18.0 Å². The van der Waals surface area contributed by atoms with Gasteiger partial charge in [-0.1, -0.05) is 12.7 Å². The summed E-state index contributed by atoms with van der Waals surface area (Å²) < 4.78 is 10.4. The smallest absolute Gasteiger partial charge is 0.259 e. The molecule has 7 heteroatoms. The largest absolute Gasteiger partial charge is 0.497 e. The van der Waals surface area contributed by atoms with Crippen molar-refractivity contribution in [3.8, 4) is 11.5 Å². The van der Waals surface area contributed by atoms with Crippen LogP contribution in [0.5, 0.6) is 11.5 Å². The van der Waals surface area contributed by atoms with E-state index < -0.39 is 5.91 Å². The Labute approximate surface area is 157 Å². The van der Waals surface area contributed by atoms with Gasteiger partial charge in [0.15, 0.2) is 0 Å². The lowest BCUT2D eigenvalue weighted by molar-refractivity contribution is -0.120. The summed E-state index contributed by atoms with van der Waals surface area (Å²) in [5.74, 6) is 0.585. The molecule has 0 atom stereocenters. The number of carbonyl (C=O) groups is 2. The lowest BCUT2D eigenvalue weighted by Gasteiger charge is -2.05. The van der Waals surface area contributed by atoms with E-state index in [1.54, 1.807) is 61.7 Å². The van der Waals surface area contributed by atoms with Gasteiger partial charge in [-0.25, -0.2) is 5.43 Å². The second-order valence-electron chi connectivity index (χ2n) is 5.37. The van der Waals surface area contributed by atoms with E-state index in [-0.39, 0.29) is 12.5 Å². The molecule has 0 bridgehead atoms. The Kier molecular flexibility index (Phi) is 7.59. The second-order valence-corrected chi connectivity index (χ2v) is 5.37. The molecule has 2 aromatic rings. The van der Waals surface area contributed by atoms with E-state index in [1.165, 1.54) is 6.21 Å². The van der Waals surface area contributed by atoms with Crippen LogP contribution in [-0.4, -0.2) is 38.3 Å². The molecule has 0 radical (unpaired) electrons. The van der Waals surface area contributed by atoms with E-state index in [0.717, 1.165) is 11.3 Å². The van der Waals surface area contributed by atoms with Gasteiger partial charge in [0.1, 0.15) is 18.1 Å². The molecule has 0 spiro atoms. The van der Waals surface area contributed by atoms with Gasteiger partial charge < -0.3 is 14.8 Å². The Morgan fingerprint density at radius 2 is 1.74 bits per heavy atom. The number of hydrazone groups is 1. The van der Waals surface area contributed by atoms with Gasteiger partial charge in [-0.3, -0.25) is 9.59 Å². The number of rotatable bonds is 9. The van der Waals surface area contributed by atoms with Gasteiger partial charge in [0.25, 0.3) is 11.8 Å². The number of benzene rings is 2. The van der Waals surface area contributed by atoms with Crippen LogP contribution < -0.4 is 20.2 Å². The minimum Gasteiger partial charge on any atom is -0.497 e. The predicted molar refractivity (Wildman–Crippen MR) is 103 cm³/mol. The van der Waals surface area contributed by atoms with Crippen LogP contribution in [-0.2, 0) is 4.79 Å². The molecular weight excluding hydrogens is 346 g/mol. The minimum absolute atomic E-state index is 0.184. The summed E-state index contributed by atoms with van der Waals surface area (Å²) in [4.78, 5) is 23.7. The number of methoxy groups -OCH3 is 1. The quantitative estimate of drug-likeness (QED) is 0.404. The van der Waals surface area contributed by atoms with Crippen LogP contribution in [0.2, 0.25) is 0 Å². The molecular formula is C20H21N3O4. The van der Waals surface area contributed by atoms with E-state index in [2.05, 4.69) is 22.4 Å². The third-order valence-corrected chi connectivity index (χ3v) is 3.41. The van der Waals surface area contributed by atoms with Gasteiger partial charge in [0.2, 0.25) is 0 Å². The number of nitrogens with zero attached hydrogens (tertiary/aromatic N) is 1. The van der Waals surface area contributed by atoms with Crippen LogP contribution in [0.15, 0.2) is 66.3 Å². The summed E-state index contributed by atoms with van der Waals surface area (Å²) in [5.41, 5.74) is 3.59. The lowest BCUT2D eigenvalue weighted by atomic mass is 10.2. The van der Waals surface area contributed by atoms with Crippen molar-refractivity contribution in [3.63, 3.8) is 0 Å². The highest BCUT2D eigenvalue weighted by molar-refractivity contribution is 5.96. The number of amides is 2. The molecule has 0 aliphatic carbocycles. The highest BCUT2D eigenvalue weighted by atomic mass is 16.5. The van der Waals surface area contributed by atoms with Gasteiger partial charge in [-0.2, -0.15) is 5.10 Å². The summed E-state index contributed by atoms with van der Waals surface area (Å²) in [6.45, 7) is 3.84. The molecule has 0 saturated carbocycles. The minimum atomic E-state index is -0.431. The van der Waals surface area contributed by atoms with Crippen molar-refractivity contribution < 1.29 is 19.1 Å². The Morgan fingerprint density at radius 3 is 2.37 bits per heavy atom. The molecule has 27 heavy (non-hydrogen) atoms. The van der Waals surface area contributed by atoms with Gasteiger partial charge in [0.05, 0.1) is 19.9 Å².